The summed E-state index contributed by atoms with van der Waals surface area (Å²) < 4.78 is 0. The van der Waals surface area contributed by atoms with Crippen LogP contribution in [0.4, 0.5) is 0 Å². The van der Waals surface area contributed by atoms with Crippen LogP contribution in [0.15, 0.2) is 30.3 Å². The van der Waals surface area contributed by atoms with Crippen molar-refractivity contribution in [2.24, 2.45) is 11.7 Å². The van der Waals surface area contributed by atoms with Crippen LogP contribution in [0.2, 0.25) is 0 Å². The predicted octanol–water partition coefficient (Wildman–Crippen LogP) is 0.985. The number of rotatable bonds is 4. The first-order valence-electron chi connectivity index (χ1n) is 5.17. The lowest BCUT2D eigenvalue weighted by molar-refractivity contribution is -0.133. The first-order valence-corrected chi connectivity index (χ1v) is 5.17. The molecule has 86 valence electrons. The second kappa shape index (κ2) is 5.30. The van der Waals surface area contributed by atoms with E-state index in [1.54, 1.807) is 0 Å². The van der Waals surface area contributed by atoms with Crippen LogP contribution in [-0.4, -0.2) is 11.8 Å². The minimum atomic E-state index is -0.800. The second-order valence-corrected chi connectivity index (χ2v) is 3.77. The Balaban J connectivity index is 2.62. The van der Waals surface area contributed by atoms with Crippen LogP contribution < -0.4 is 11.1 Å². The van der Waals surface area contributed by atoms with Gasteiger partial charge in [0.15, 0.2) is 0 Å². The van der Waals surface area contributed by atoms with Crippen LogP contribution >= 0.6 is 0 Å². The molecule has 1 rings (SSSR count). The number of nitrogens with two attached hydrogens (primary N) is 1. The average molecular weight is 220 g/mol. The van der Waals surface area contributed by atoms with Crippen molar-refractivity contribution in [2.75, 3.05) is 0 Å². The largest absolute Gasteiger partial charge is 0.369 e. The van der Waals surface area contributed by atoms with Crippen LogP contribution in [0.25, 0.3) is 0 Å². The molecule has 0 aliphatic heterocycles. The summed E-state index contributed by atoms with van der Waals surface area (Å²) in [6.45, 7) is 3.36. The molecule has 0 unspecified atom stereocenters. The van der Waals surface area contributed by atoms with Crippen molar-refractivity contribution in [3.63, 3.8) is 0 Å². The van der Waals surface area contributed by atoms with Crippen molar-refractivity contribution in [1.82, 2.24) is 5.32 Å². The minimum Gasteiger partial charge on any atom is -0.369 e. The molecule has 2 atom stereocenters. The molecule has 0 radical (unpaired) electrons. The van der Waals surface area contributed by atoms with Crippen LogP contribution in [0.1, 0.15) is 25.5 Å². The molecule has 0 heterocycles. The van der Waals surface area contributed by atoms with E-state index < -0.39 is 11.8 Å². The zero-order valence-electron chi connectivity index (χ0n) is 9.44. The van der Waals surface area contributed by atoms with E-state index in [0.717, 1.165) is 5.56 Å². The van der Waals surface area contributed by atoms with Crippen LogP contribution in [0.3, 0.4) is 0 Å². The molecule has 16 heavy (non-hydrogen) atoms. The van der Waals surface area contributed by atoms with Crippen molar-refractivity contribution >= 4 is 11.8 Å². The van der Waals surface area contributed by atoms with E-state index in [9.17, 15) is 9.59 Å². The maximum Gasteiger partial charge on any atom is 0.232 e. The minimum absolute atomic E-state index is 0.129. The summed E-state index contributed by atoms with van der Waals surface area (Å²) in [6, 6.07) is 9.41. The Labute approximate surface area is 94.8 Å². The lowest BCUT2D eigenvalue weighted by Gasteiger charge is -2.16. The number of nitrogens with one attached hydrogen (secondary N) is 1. The maximum atomic E-state index is 11.6. The Bertz CT molecular complexity index is 376. The summed E-state index contributed by atoms with van der Waals surface area (Å²) in [5.74, 6) is -1.76. The van der Waals surface area contributed by atoms with Gasteiger partial charge in [0, 0.05) is 0 Å². The van der Waals surface area contributed by atoms with E-state index >= 15 is 0 Å². The van der Waals surface area contributed by atoms with Gasteiger partial charge in [-0.1, -0.05) is 30.3 Å². The highest BCUT2D eigenvalue weighted by Gasteiger charge is 2.20. The molecule has 0 saturated heterocycles. The summed E-state index contributed by atoms with van der Waals surface area (Å²) in [5.41, 5.74) is 6.04. The van der Waals surface area contributed by atoms with Crippen molar-refractivity contribution in [3.05, 3.63) is 35.9 Å². The van der Waals surface area contributed by atoms with E-state index in [1.165, 1.54) is 6.92 Å². The summed E-state index contributed by atoms with van der Waals surface area (Å²) in [4.78, 5) is 22.4. The van der Waals surface area contributed by atoms with Gasteiger partial charge in [-0.05, 0) is 19.4 Å². The van der Waals surface area contributed by atoms with E-state index in [0.29, 0.717) is 0 Å². The van der Waals surface area contributed by atoms with Gasteiger partial charge in [-0.15, -0.1) is 0 Å². The van der Waals surface area contributed by atoms with Gasteiger partial charge in [-0.3, -0.25) is 9.59 Å². The fourth-order valence-corrected chi connectivity index (χ4v) is 1.29. The van der Waals surface area contributed by atoms with Crippen molar-refractivity contribution in [3.8, 4) is 0 Å². The smallest absolute Gasteiger partial charge is 0.232 e. The Hall–Kier alpha value is -1.84. The van der Waals surface area contributed by atoms with Gasteiger partial charge < -0.3 is 11.1 Å². The van der Waals surface area contributed by atoms with Gasteiger partial charge in [-0.25, -0.2) is 0 Å². The number of carbonyl (C=O) groups excluding carboxylic acids is 2. The SMILES string of the molecule is C[C@H](C(N)=O)C(=O)N[C@H](C)c1ccccc1. The third kappa shape index (κ3) is 3.08. The van der Waals surface area contributed by atoms with Crippen molar-refractivity contribution in [2.45, 2.75) is 19.9 Å². The van der Waals surface area contributed by atoms with Crippen LogP contribution in [-0.2, 0) is 9.59 Å². The Morgan fingerprint density at radius 3 is 2.25 bits per heavy atom. The molecule has 2 amide bonds. The number of benzene rings is 1. The molecule has 0 spiro atoms. The quantitative estimate of drug-likeness (QED) is 0.742. The number of carbonyl (C=O) groups is 2. The summed E-state index contributed by atoms with van der Waals surface area (Å²) in [7, 11) is 0. The summed E-state index contributed by atoms with van der Waals surface area (Å²) in [6.07, 6.45) is 0. The number of hydrogen-bond acceptors (Lipinski definition) is 2. The fourth-order valence-electron chi connectivity index (χ4n) is 1.29. The molecule has 0 bridgehead atoms. The third-order valence-corrected chi connectivity index (χ3v) is 2.48. The third-order valence-electron chi connectivity index (χ3n) is 2.48. The van der Waals surface area contributed by atoms with Gasteiger partial charge in [0.1, 0.15) is 5.92 Å². The lowest BCUT2D eigenvalue weighted by atomic mass is 10.1. The summed E-state index contributed by atoms with van der Waals surface area (Å²) in [5, 5.41) is 2.74. The standard InChI is InChI=1S/C12H16N2O2/c1-8(11(13)15)12(16)14-9(2)10-6-4-3-5-7-10/h3-9H,1-2H3,(H2,13,15)(H,14,16)/t8-,9-/m1/s1. The van der Waals surface area contributed by atoms with Gasteiger partial charge in [0.25, 0.3) is 0 Å². The van der Waals surface area contributed by atoms with E-state index in [-0.39, 0.29) is 11.9 Å². The van der Waals surface area contributed by atoms with E-state index in [4.69, 9.17) is 5.73 Å². The molecule has 0 aliphatic rings. The molecule has 0 fully saturated rings. The highest BCUT2D eigenvalue weighted by molar-refractivity contribution is 5.99. The fraction of sp³-hybridized carbons (Fsp3) is 0.333. The van der Waals surface area contributed by atoms with Gasteiger partial charge in [0.05, 0.1) is 6.04 Å². The molecule has 4 nitrogen and oxygen atoms in total. The highest BCUT2D eigenvalue weighted by atomic mass is 16.2. The molecule has 4 heteroatoms. The Morgan fingerprint density at radius 2 is 1.75 bits per heavy atom. The molecule has 3 N–H and O–H groups in total. The average Bonchev–Trinajstić information content (AvgIpc) is 2.28. The monoisotopic (exact) mass is 220 g/mol. The zero-order chi connectivity index (χ0) is 12.1. The van der Waals surface area contributed by atoms with Gasteiger partial charge in [-0.2, -0.15) is 0 Å². The van der Waals surface area contributed by atoms with Crippen LogP contribution in [0.5, 0.6) is 0 Å². The molecular formula is C12H16N2O2. The Morgan fingerprint density at radius 1 is 1.19 bits per heavy atom. The normalized spacial score (nSPS) is 13.9. The molecule has 0 aliphatic carbocycles. The first kappa shape index (κ1) is 12.2. The topological polar surface area (TPSA) is 72.2 Å². The zero-order valence-corrected chi connectivity index (χ0v) is 9.44. The van der Waals surface area contributed by atoms with Crippen molar-refractivity contribution in [1.29, 1.82) is 0 Å². The first-order chi connectivity index (χ1) is 7.52. The molecule has 0 saturated carbocycles. The second-order valence-electron chi connectivity index (χ2n) is 3.77. The predicted molar refractivity (Wildman–Crippen MR) is 61.4 cm³/mol. The lowest BCUT2D eigenvalue weighted by Crippen LogP contribution is -2.38. The summed E-state index contributed by atoms with van der Waals surface area (Å²) >= 11 is 0. The number of amides is 2. The number of hydrogen-bond donors (Lipinski definition) is 2. The highest BCUT2D eigenvalue weighted by Crippen LogP contribution is 2.11. The Kier molecular flexibility index (Phi) is 4.05. The van der Waals surface area contributed by atoms with Crippen molar-refractivity contribution < 1.29 is 9.59 Å². The van der Waals surface area contributed by atoms with E-state index in [1.807, 2.05) is 37.3 Å². The van der Waals surface area contributed by atoms with Gasteiger partial charge in [0.2, 0.25) is 11.8 Å². The molecule has 1 aromatic carbocycles. The maximum absolute atomic E-state index is 11.6. The van der Waals surface area contributed by atoms with Crippen LogP contribution in [0, 0.1) is 5.92 Å². The molecular weight excluding hydrogens is 204 g/mol. The molecule has 0 aromatic heterocycles. The number of primary amides is 1. The van der Waals surface area contributed by atoms with E-state index in [2.05, 4.69) is 5.32 Å². The molecule has 1 aromatic rings. The van der Waals surface area contributed by atoms with Gasteiger partial charge >= 0.3 is 0 Å².